The maximum Gasteiger partial charge on any atom is 0.239 e. The van der Waals surface area contributed by atoms with E-state index in [0.29, 0.717) is 13.1 Å². The first kappa shape index (κ1) is 13.2. The summed E-state index contributed by atoms with van der Waals surface area (Å²) >= 11 is 0. The molecule has 2 aromatic rings. The Hall–Kier alpha value is -2.23. The van der Waals surface area contributed by atoms with Gasteiger partial charge in [-0.1, -0.05) is 18.2 Å². The molecule has 0 spiro atoms. The monoisotopic (exact) mass is 258 g/mol. The molecule has 1 N–H and O–H groups in total. The number of ether oxygens (including phenoxy) is 1. The van der Waals surface area contributed by atoms with Gasteiger partial charge in [-0.05, 0) is 30.2 Å². The molecular formula is C15H18N2O2. The molecule has 0 aliphatic heterocycles. The van der Waals surface area contributed by atoms with Crippen LogP contribution in [0.3, 0.4) is 0 Å². The van der Waals surface area contributed by atoms with Crippen LogP contribution < -0.4 is 10.1 Å². The second-order valence-electron chi connectivity index (χ2n) is 4.27. The van der Waals surface area contributed by atoms with Crippen LogP contribution in [0.15, 0.2) is 48.8 Å². The second kappa shape index (κ2) is 6.64. The molecular weight excluding hydrogens is 240 g/mol. The van der Waals surface area contributed by atoms with Gasteiger partial charge in [0.1, 0.15) is 12.3 Å². The zero-order chi connectivity index (χ0) is 13.5. The number of amides is 1. The summed E-state index contributed by atoms with van der Waals surface area (Å²) in [6.45, 7) is 0.972. The highest BCUT2D eigenvalue weighted by Gasteiger charge is 2.04. The molecule has 0 unspecified atom stereocenters. The number of nitrogens with one attached hydrogen (secondary N) is 1. The summed E-state index contributed by atoms with van der Waals surface area (Å²) in [7, 11) is 1.66. The number of hydrogen-bond acceptors (Lipinski definition) is 2. The molecule has 1 aromatic carbocycles. The van der Waals surface area contributed by atoms with Gasteiger partial charge in [0.15, 0.2) is 0 Å². The highest BCUT2D eigenvalue weighted by atomic mass is 16.5. The number of carbonyl (C=O) groups excluding carboxylic acids is 1. The van der Waals surface area contributed by atoms with Crippen molar-refractivity contribution in [2.45, 2.75) is 13.0 Å². The van der Waals surface area contributed by atoms with Crippen LogP contribution in [0, 0.1) is 0 Å². The van der Waals surface area contributed by atoms with Crippen LogP contribution in [0.4, 0.5) is 0 Å². The van der Waals surface area contributed by atoms with Crippen molar-refractivity contribution in [3.05, 3.63) is 54.4 Å². The van der Waals surface area contributed by atoms with Crippen molar-refractivity contribution >= 4 is 5.91 Å². The zero-order valence-electron chi connectivity index (χ0n) is 11.0. The van der Waals surface area contributed by atoms with E-state index in [1.807, 2.05) is 53.4 Å². The van der Waals surface area contributed by atoms with E-state index in [-0.39, 0.29) is 5.91 Å². The lowest BCUT2D eigenvalue weighted by molar-refractivity contribution is -0.121. The second-order valence-corrected chi connectivity index (χ2v) is 4.27. The summed E-state index contributed by atoms with van der Waals surface area (Å²) < 4.78 is 7.12. The molecule has 4 heteroatoms. The lowest BCUT2D eigenvalue weighted by atomic mass is 10.1. The predicted octanol–water partition coefficient (Wildman–Crippen LogP) is 1.86. The molecule has 4 nitrogen and oxygen atoms in total. The minimum Gasteiger partial charge on any atom is -0.496 e. The number of methoxy groups -OCH3 is 1. The molecule has 1 aromatic heterocycles. The van der Waals surface area contributed by atoms with Crippen LogP contribution in [0.25, 0.3) is 0 Å². The van der Waals surface area contributed by atoms with Crippen molar-refractivity contribution in [1.82, 2.24) is 9.88 Å². The third kappa shape index (κ3) is 3.88. The van der Waals surface area contributed by atoms with Gasteiger partial charge >= 0.3 is 0 Å². The highest BCUT2D eigenvalue weighted by molar-refractivity contribution is 5.75. The molecule has 0 aliphatic rings. The van der Waals surface area contributed by atoms with E-state index in [1.165, 1.54) is 0 Å². The van der Waals surface area contributed by atoms with E-state index in [9.17, 15) is 4.79 Å². The molecule has 1 amide bonds. The van der Waals surface area contributed by atoms with E-state index >= 15 is 0 Å². The van der Waals surface area contributed by atoms with Gasteiger partial charge in [0.2, 0.25) is 5.91 Å². The smallest absolute Gasteiger partial charge is 0.239 e. The fourth-order valence-electron chi connectivity index (χ4n) is 1.94. The van der Waals surface area contributed by atoms with Gasteiger partial charge in [-0.15, -0.1) is 0 Å². The van der Waals surface area contributed by atoms with Crippen molar-refractivity contribution in [2.75, 3.05) is 13.7 Å². The Labute approximate surface area is 113 Å². The first-order chi connectivity index (χ1) is 9.29. The van der Waals surface area contributed by atoms with Crippen LogP contribution in [-0.4, -0.2) is 24.1 Å². The largest absolute Gasteiger partial charge is 0.496 e. The molecule has 19 heavy (non-hydrogen) atoms. The fourth-order valence-corrected chi connectivity index (χ4v) is 1.94. The summed E-state index contributed by atoms with van der Waals surface area (Å²) in [6, 6.07) is 11.7. The van der Waals surface area contributed by atoms with Crippen molar-refractivity contribution in [3.63, 3.8) is 0 Å². The fraction of sp³-hybridized carbons (Fsp3) is 0.267. The summed E-state index contributed by atoms with van der Waals surface area (Å²) in [5.41, 5.74) is 1.10. The molecule has 0 aliphatic carbocycles. The predicted molar refractivity (Wildman–Crippen MR) is 74.1 cm³/mol. The topological polar surface area (TPSA) is 43.3 Å². The minimum atomic E-state index is 0.0195. The van der Waals surface area contributed by atoms with Crippen molar-refractivity contribution < 1.29 is 9.53 Å². The standard InChI is InChI=1S/C15H18N2O2/c1-19-14-7-3-2-6-13(14)8-9-16-15(18)12-17-10-4-5-11-17/h2-7,10-11H,8-9,12H2,1H3,(H,16,18). The molecule has 0 atom stereocenters. The quantitative estimate of drug-likeness (QED) is 0.859. The van der Waals surface area contributed by atoms with Gasteiger partial charge in [0.25, 0.3) is 0 Å². The maximum absolute atomic E-state index is 11.7. The third-order valence-electron chi connectivity index (χ3n) is 2.90. The number of para-hydroxylation sites is 1. The number of rotatable bonds is 6. The molecule has 0 bridgehead atoms. The molecule has 0 saturated heterocycles. The average molecular weight is 258 g/mol. The number of benzene rings is 1. The van der Waals surface area contributed by atoms with Crippen LogP contribution in [0.1, 0.15) is 5.56 Å². The summed E-state index contributed by atoms with van der Waals surface area (Å²) in [5.74, 6) is 0.883. The van der Waals surface area contributed by atoms with Gasteiger partial charge in [-0.3, -0.25) is 4.79 Å². The normalized spacial score (nSPS) is 10.2. The van der Waals surface area contributed by atoms with E-state index in [1.54, 1.807) is 7.11 Å². The van der Waals surface area contributed by atoms with E-state index < -0.39 is 0 Å². The Morgan fingerprint density at radius 3 is 2.68 bits per heavy atom. The lowest BCUT2D eigenvalue weighted by Gasteiger charge is -2.09. The number of nitrogens with zero attached hydrogens (tertiary/aromatic N) is 1. The zero-order valence-corrected chi connectivity index (χ0v) is 11.0. The van der Waals surface area contributed by atoms with Crippen molar-refractivity contribution in [1.29, 1.82) is 0 Å². The number of aromatic nitrogens is 1. The summed E-state index contributed by atoms with van der Waals surface area (Å²) in [4.78, 5) is 11.7. The van der Waals surface area contributed by atoms with Gasteiger partial charge in [-0.25, -0.2) is 0 Å². The van der Waals surface area contributed by atoms with Gasteiger partial charge in [0.05, 0.1) is 7.11 Å². The number of carbonyl (C=O) groups is 1. The first-order valence-corrected chi connectivity index (χ1v) is 6.29. The van der Waals surface area contributed by atoms with Crippen molar-refractivity contribution in [3.8, 4) is 5.75 Å². The first-order valence-electron chi connectivity index (χ1n) is 6.29. The number of hydrogen-bond donors (Lipinski definition) is 1. The summed E-state index contributed by atoms with van der Waals surface area (Å²) in [6.07, 6.45) is 4.51. The Balaban J connectivity index is 1.78. The molecule has 0 radical (unpaired) electrons. The highest BCUT2D eigenvalue weighted by Crippen LogP contribution is 2.17. The van der Waals surface area contributed by atoms with E-state index in [0.717, 1.165) is 17.7 Å². The average Bonchev–Trinajstić information content (AvgIpc) is 2.92. The molecule has 100 valence electrons. The van der Waals surface area contributed by atoms with Gasteiger partial charge in [0, 0.05) is 18.9 Å². The van der Waals surface area contributed by atoms with E-state index in [4.69, 9.17) is 4.74 Å². The Morgan fingerprint density at radius 1 is 1.21 bits per heavy atom. The molecule has 0 saturated carbocycles. The lowest BCUT2D eigenvalue weighted by Crippen LogP contribution is -2.29. The summed E-state index contributed by atoms with van der Waals surface area (Å²) in [5, 5.41) is 2.91. The maximum atomic E-state index is 11.7. The third-order valence-corrected chi connectivity index (χ3v) is 2.90. The Morgan fingerprint density at radius 2 is 1.95 bits per heavy atom. The van der Waals surface area contributed by atoms with Crippen LogP contribution in [-0.2, 0) is 17.8 Å². The molecule has 0 fully saturated rings. The van der Waals surface area contributed by atoms with Crippen LogP contribution in [0.5, 0.6) is 5.75 Å². The SMILES string of the molecule is COc1ccccc1CCNC(=O)Cn1cccc1. The molecule has 1 heterocycles. The van der Waals surface area contributed by atoms with Gasteiger partial charge in [-0.2, -0.15) is 0 Å². The van der Waals surface area contributed by atoms with Crippen molar-refractivity contribution in [2.24, 2.45) is 0 Å². The molecule has 2 rings (SSSR count). The van der Waals surface area contributed by atoms with Gasteiger partial charge < -0.3 is 14.6 Å². The van der Waals surface area contributed by atoms with Crippen LogP contribution in [0.2, 0.25) is 0 Å². The van der Waals surface area contributed by atoms with E-state index in [2.05, 4.69) is 5.32 Å². The Bertz CT molecular complexity index is 521. The minimum absolute atomic E-state index is 0.0195. The van der Waals surface area contributed by atoms with Crippen LogP contribution >= 0.6 is 0 Å². The Kier molecular flexibility index (Phi) is 4.61.